The summed E-state index contributed by atoms with van der Waals surface area (Å²) in [6.45, 7) is 13.4. The van der Waals surface area contributed by atoms with Gasteiger partial charge in [-0.3, -0.25) is 0 Å². The van der Waals surface area contributed by atoms with Gasteiger partial charge in [-0.05, 0) is 33.4 Å². The third-order valence-electron chi connectivity index (χ3n) is 4.48. The Kier molecular flexibility index (Phi) is 4.57. The van der Waals surface area contributed by atoms with Gasteiger partial charge in [0.25, 0.3) is 0 Å². The molecule has 0 spiro atoms. The first kappa shape index (κ1) is 15.9. The van der Waals surface area contributed by atoms with Gasteiger partial charge in [-0.15, -0.1) is 11.3 Å². The third-order valence-corrected chi connectivity index (χ3v) is 5.53. The van der Waals surface area contributed by atoms with Gasteiger partial charge in [-0.25, -0.2) is 4.98 Å². The molecule has 2 rings (SSSR count). The smallest absolute Gasteiger partial charge is 0.113 e. The van der Waals surface area contributed by atoms with Gasteiger partial charge >= 0.3 is 0 Å². The van der Waals surface area contributed by atoms with E-state index in [2.05, 4.69) is 57.3 Å². The molecule has 2 heterocycles. The van der Waals surface area contributed by atoms with Crippen molar-refractivity contribution in [3.8, 4) is 0 Å². The molecule has 1 fully saturated rings. The van der Waals surface area contributed by atoms with E-state index >= 15 is 0 Å². The number of hydrogen-bond acceptors (Lipinski definition) is 4. The lowest BCUT2D eigenvalue weighted by molar-refractivity contribution is 0.107. The van der Waals surface area contributed by atoms with Crippen LogP contribution >= 0.6 is 11.3 Å². The Hall–Kier alpha value is -0.450. The fourth-order valence-corrected chi connectivity index (χ4v) is 4.22. The summed E-state index contributed by atoms with van der Waals surface area (Å²) >= 11 is 1.83. The monoisotopic (exact) mass is 295 g/mol. The second-order valence-electron chi connectivity index (χ2n) is 7.18. The molecule has 114 valence electrons. The van der Waals surface area contributed by atoms with Crippen molar-refractivity contribution in [2.75, 3.05) is 20.1 Å². The number of nitrogens with zero attached hydrogens (tertiary/aromatic N) is 2. The molecule has 0 aliphatic carbocycles. The van der Waals surface area contributed by atoms with E-state index in [1.807, 2.05) is 11.3 Å². The normalized spacial score (nSPS) is 28.8. The van der Waals surface area contributed by atoms with E-state index < -0.39 is 0 Å². The van der Waals surface area contributed by atoms with Gasteiger partial charge in [0.2, 0.25) is 0 Å². The highest BCUT2D eigenvalue weighted by atomic mass is 32.1. The standard InChI is InChI=1S/C16H29N3S/c1-7-17-16(8-9-19(6)12(2)10-16)14-18-13(11-20-14)15(3,4)5/h11-12,17H,7-10H2,1-6H3. The van der Waals surface area contributed by atoms with Crippen LogP contribution in [0.15, 0.2) is 5.38 Å². The molecule has 0 saturated carbocycles. The maximum Gasteiger partial charge on any atom is 0.113 e. The van der Waals surface area contributed by atoms with Crippen LogP contribution in [-0.2, 0) is 11.0 Å². The van der Waals surface area contributed by atoms with Gasteiger partial charge in [0, 0.05) is 23.4 Å². The number of thiazole rings is 1. The highest BCUT2D eigenvalue weighted by Crippen LogP contribution is 2.38. The summed E-state index contributed by atoms with van der Waals surface area (Å²) in [7, 11) is 2.23. The fourth-order valence-electron chi connectivity index (χ4n) is 2.96. The van der Waals surface area contributed by atoms with Gasteiger partial charge < -0.3 is 10.2 Å². The molecular formula is C16H29N3S. The van der Waals surface area contributed by atoms with Crippen molar-refractivity contribution < 1.29 is 0 Å². The summed E-state index contributed by atoms with van der Waals surface area (Å²) in [5.41, 5.74) is 1.44. The minimum absolute atomic E-state index is 0.0782. The largest absolute Gasteiger partial charge is 0.306 e. The summed E-state index contributed by atoms with van der Waals surface area (Å²) < 4.78 is 0. The Bertz CT molecular complexity index is 449. The number of hydrogen-bond donors (Lipinski definition) is 1. The van der Waals surface area contributed by atoms with Crippen LogP contribution in [0, 0.1) is 0 Å². The zero-order chi connectivity index (χ0) is 15.0. The summed E-state index contributed by atoms with van der Waals surface area (Å²) in [4.78, 5) is 7.45. The summed E-state index contributed by atoms with van der Waals surface area (Å²) in [6, 6.07) is 0.602. The second-order valence-corrected chi connectivity index (χ2v) is 8.04. The van der Waals surface area contributed by atoms with Gasteiger partial charge in [0.1, 0.15) is 5.01 Å². The molecule has 1 aliphatic rings. The van der Waals surface area contributed by atoms with E-state index in [1.54, 1.807) is 0 Å². The predicted molar refractivity (Wildman–Crippen MR) is 87.5 cm³/mol. The van der Waals surface area contributed by atoms with Gasteiger partial charge in [0.05, 0.1) is 11.2 Å². The molecule has 0 amide bonds. The maximum atomic E-state index is 4.99. The molecular weight excluding hydrogens is 266 g/mol. The van der Waals surface area contributed by atoms with Gasteiger partial charge in [-0.2, -0.15) is 0 Å². The molecule has 1 N–H and O–H groups in total. The van der Waals surface area contributed by atoms with E-state index in [1.165, 1.54) is 10.7 Å². The van der Waals surface area contributed by atoms with Crippen molar-refractivity contribution in [2.45, 2.75) is 64.5 Å². The lowest BCUT2D eigenvalue weighted by Crippen LogP contribution is -2.53. The van der Waals surface area contributed by atoms with Crippen LogP contribution in [0.1, 0.15) is 58.2 Å². The highest BCUT2D eigenvalue weighted by Gasteiger charge is 2.40. The predicted octanol–water partition coefficient (Wildman–Crippen LogP) is 3.36. The van der Waals surface area contributed by atoms with Crippen LogP contribution < -0.4 is 5.32 Å². The Morgan fingerprint density at radius 2 is 2.20 bits per heavy atom. The Labute approximate surface area is 127 Å². The average Bonchev–Trinajstić information content (AvgIpc) is 2.84. The highest BCUT2D eigenvalue weighted by molar-refractivity contribution is 7.09. The van der Waals surface area contributed by atoms with Crippen LogP contribution in [0.3, 0.4) is 0 Å². The Balaban J connectivity index is 2.31. The molecule has 0 aromatic carbocycles. The lowest BCUT2D eigenvalue weighted by atomic mass is 9.84. The molecule has 1 aromatic rings. The molecule has 0 bridgehead atoms. The van der Waals surface area contributed by atoms with Crippen molar-refractivity contribution in [1.29, 1.82) is 0 Å². The van der Waals surface area contributed by atoms with Crippen LogP contribution in [0.2, 0.25) is 0 Å². The maximum absolute atomic E-state index is 4.99. The first-order chi connectivity index (χ1) is 9.28. The number of rotatable bonds is 3. The first-order valence-corrected chi connectivity index (χ1v) is 8.58. The van der Waals surface area contributed by atoms with E-state index in [-0.39, 0.29) is 11.0 Å². The molecule has 1 saturated heterocycles. The zero-order valence-corrected chi connectivity index (χ0v) is 14.6. The van der Waals surface area contributed by atoms with Crippen LogP contribution in [0.5, 0.6) is 0 Å². The van der Waals surface area contributed by atoms with Gasteiger partial charge in [-0.1, -0.05) is 27.7 Å². The summed E-state index contributed by atoms with van der Waals surface area (Å²) in [6.07, 6.45) is 2.30. The molecule has 3 nitrogen and oxygen atoms in total. The molecule has 1 aliphatic heterocycles. The fraction of sp³-hybridized carbons (Fsp3) is 0.812. The SMILES string of the molecule is CCNC1(c2nc(C(C)(C)C)cs2)CCN(C)C(C)C1. The Morgan fingerprint density at radius 3 is 2.70 bits per heavy atom. The van der Waals surface area contributed by atoms with Crippen molar-refractivity contribution >= 4 is 11.3 Å². The van der Waals surface area contributed by atoms with Gasteiger partial charge in [0.15, 0.2) is 0 Å². The van der Waals surface area contributed by atoms with Crippen molar-refractivity contribution in [2.24, 2.45) is 0 Å². The molecule has 0 radical (unpaired) electrons. The molecule has 1 aromatic heterocycles. The minimum Gasteiger partial charge on any atom is -0.306 e. The topological polar surface area (TPSA) is 28.2 Å². The zero-order valence-electron chi connectivity index (χ0n) is 13.8. The molecule has 2 unspecified atom stereocenters. The van der Waals surface area contributed by atoms with Crippen molar-refractivity contribution in [3.05, 3.63) is 16.1 Å². The van der Waals surface area contributed by atoms with E-state index in [0.29, 0.717) is 6.04 Å². The first-order valence-electron chi connectivity index (χ1n) is 7.70. The van der Waals surface area contributed by atoms with Crippen molar-refractivity contribution in [3.63, 3.8) is 0 Å². The third kappa shape index (κ3) is 3.07. The van der Waals surface area contributed by atoms with Crippen LogP contribution in [0.25, 0.3) is 0 Å². The van der Waals surface area contributed by atoms with E-state index in [9.17, 15) is 0 Å². The summed E-state index contributed by atoms with van der Waals surface area (Å²) in [5, 5.41) is 7.28. The van der Waals surface area contributed by atoms with E-state index in [0.717, 1.165) is 25.9 Å². The minimum atomic E-state index is 0.0782. The number of likely N-dealkylation sites (tertiary alicyclic amines) is 1. The second kappa shape index (κ2) is 5.74. The Morgan fingerprint density at radius 1 is 1.50 bits per heavy atom. The molecule has 4 heteroatoms. The lowest BCUT2D eigenvalue weighted by Gasteiger charge is -2.43. The van der Waals surface area contributed by atoms with Crippen LogP contribution in [0.4, 0.5) is 0 Å². The number of nitrogens with one attached hydrogen (secondary N) is 1. The summed E-state index contributed by atoms with van der Waals surface area (Å²) in [5.74, 6) is 0. The quantitative estimate of drug-likeness (QED) is 0.927. The van der Waals surface area contributed by atoms with Crippen molar-refractivity contribution in [1.82, 2.24) is 15.2 Å². The average molecular weight is 295 g/mol. The van der Waals surface area contributed by atoms with Crippen LogP contribution in [-0.4, -0.2) is 36.1 Å². The van der Waals surface area contributed by atoms with E-state index in [4.69, 9.17) is 4.98 Å². The number of piperidine rings is 1. The number of aromatic nitrogens is 1. The molecule has 2 atom stereocenters. The molecule has 20 heavy (non-hydrogen) atoms.